The van der Waals surface area contributed by atoms with Crippen LogP contribution >= 0.6 is 0 Å². The van der Waals surface area contributed by atoms with Crippen LogP contribution in [0.4, 0.5) is 26.3 Å². The van der Waals surface area contributed by atoms with Crippen molar-refractivity contribution in [3.05, 3.63) is 35.4 Å². The summed E-state index contributed by atoms with van der Waals surface area (Å²) in [5.41, 5.74) is -4.50. The van der Waals surface area contributed by atoms with Crippen LogP contribution in [-0.2, 0) is 10.3 Å². The minimum Gasteiger partial charge on any atom is -0.351 e. The van der Waals surface area contributed by atoms with Crippen LogP contribution in [0.3, 0.4) is 0 Å². The van der Waals surface area contributed by atoms with Crippen LogP contribution < -0.4 is 0 Å². The summed E-state index contributed by atoms with van der Waals surface area (Å²) in [6, 6.07) is 4.48. The Morgan fingerprint density at radius 2 is 1.42 bits per heavy atom. The average molecular weight is 382 g/mol. The highest BCUT2D eigenvalue weighted by Crippen LogP contribution is 2.54. The lowest BCUT2D eigenvalue weighted by Crippen LogP contribution is -2.57. The monoisotopic (exact) mass is 382 g/mol. The summed E-state index contributed by atoms with van der Waals surface area (Å²) >= 11 is 0. The third-order valence-electron chi connectivity index (χ3n) is 5.19. The maximum atomic E-state index is 13.8. The van der Waals surface area contributed by atoms with Gasteiger partial charge < -0.3 is 4.74 Å². The first-order valence-electron chi connectivity index (χ1n) is 8.94. The molecule has 0 bridgehead atoms. The fourth-order valence-electron chi connectivity index (χ4n) is 3.40. The van der Waals surface area contributed by atoms with Crippen LogP contribution in [0.15, 0.2) is 24.3 Å². The van der Waals surface area contributed by atoms with Crippen LogP contribution in [0.1, 0.15) is 69.4 Å². The van der Waals surface area contributed by atoms with E-state index in [0.29, 0.717) is 18.4 Å². The summed E-state index contributed by atoms with van der Waals surface area (Å²) < 4.78 is 87.6. The zero-order valence-electron chi connectivity index (χ0n) is 14.9. The van der Waals surface area contributed by atoms with Gasteiger partial charge in [-0.05, 0) is 30.7 Å². The summed E-state index contributed by atoms with van der Waals surface area (Å²) in [5.74, 6) is 0.0505. The Labute approximate surface area is 149 Å². The molecule has 0 saturated heterocycles. The number of alkyl halides is 6. The van der Waals surface area contributed by atoms with Gasteiger partial charge in [0, 0.05) is 5.56 Å². The summed E-state index contributed by atoms with van der Waals surface area (Å²) in [7, 11) is 0. The first-order valence-corrected chi connectivity index (χ1v) is 8.94. The maximum Gasteiger partial charge on any atom is 0.430 e. The van der Waals surface area contributed by atoms with Crippen molar-refractivity contribution in [3.63, 3.8) is 0 Å². The molecule has 1 fully saturated rings. The largest absolute Gasteiger partial charge is 0.430 e. The second kappa shape index (κ2) is 7.79. The van der Waals surface area contributed by atoms with Crippen LogP contribution in [-0.4, -0.2) is 18.5 Å². The molecule has 0 amide bonds. The molecule has 1 aliphatic rings. The predicted molar refractivity (Wildman–Crippen MR) is 86.9 cm³/mol. The summed E-state index contributed by atoms with van der Waals surface area (Å²) in [6.07, 6.45) is -9.18. The maximum absolute atomic E-state index is 13.8. The van der Waals surface area contributed by atoms with Gasteiger partial charge >= 0.3 is 12.4 Å². The smallest absolute Gasteiger partial charge is 0.351 e. The quantitative estimate of drug-likeness (QED) is 0.505. The van der Waals surface area contributed by atoms with Gasteiger partial charge in [-0.25, -0.2) is 0 Å². The molecule has 7 heteroatoms. The van der Waals surface area contributed by atoms with Crippen LogP contribution in [0.25, 0.3) is 0 Å². The fraction of sp³-hybridized carbons (Fsp3) is 0.684. The molecule has 1 aromatic carbocycles. The zero-order chi connectivity index (χ0) is 19.6. The van der Waals surface area contributed by atoms with Gasteiger partial charge in [0.05, 0.1) is 6.10 Å². The van der Waals surface area contributed by atoms with Gasteiger partial charge in [-0.3, -0.25) is 0 Å². The average Bonchev–Trinajstić information content (AvgIpc) is 2.58. The molecular formula is C19H24F6O. The van der Waals surface area contributed by atoms with E-state index >= 15 is 0 Å². The third kappa shape index (κ3) is 4.02. The van der Waals surface area contributed by atoms with Crippen molar-refractivity contribution in [2.75, 3.05) is 0 Å². The highest BCUT2D eigenvalue weighted by atomic mass is 19.4. The van der Waals surface area contributed by atoms with Gasteiger partial charge in [0.15, 0.2) is 0 Å². The molecule has 1 unspecified atom stereocenters. The van der Waals surface area contributed by atoms with Crippen molar-refractivity contribution in [2.24, 2.45) is 0 Å². The summed E-state index contributed by atoms with van der Waals surface area (Å²) in [6.45, 7) is 3.77. The molecule has 0 heterocycles. The van der Waals surface area contributed by atoms with Crippen molar-refractivity contribution in [3.8, 4) is 0 Å². The van der Waals surface area contributed by atoms with Crippen molar-refractivity contribution < 1.29 is 31.1 Å². The Morgan fingerprint density at radius 3 is 1.85 bits per heavy atom. The number of hydrogen-bond acceptors (Lipinski definition) is 1. The molecule has 1 nitrogen and oxygen atoms in total. The molecular weight excluding hydrogens is 358 g/mol. The molecule has 0 spiro atoms. The van der Waals surface area contributed by atoms with E-state index in [0.717, 1.165) is 25.0 Å². The normalized spacial score (nSPS) is 18.8. The SMILES string of the molecule is CCC(C)c1ccc(C(OC2CCCCC2)(C(F)(F)F)C(F)(F)F)cc1. The van der Waals surface area contributed by atoms with Crippen LogP contribution in [0.2, 0.25) is 0 Å². The van der Waals surface area contributed by atoms with Gasteiger partial charge in [-0.1, -0.05) is 57.4 Å². The molecule has 1 aromatic rings. The van der Waals surface area contributed by atoms with Crippen LogP contribution in [0, 0.1) is 0 Å². The molecule has 1 aliphatic carbocycles. The van der Waals surface area contributed by atoms with Gasteiger partial charge in [-0.2, -0.15) is 26.3 Å². The van der Waals surface area contributed by atoms with E-state index in [1.54, 1.807) is 0 Å². The van der Waals surface area contributed by atoms with Crippen molar-refractivity contribution >= 4 is 0 Å². The molecule has 0 radical (unpaired) electrons. The Hall–Kier alpha value is -1.24. The Balaban J connectivity index is 2.51. The van der Waals surface area contributed by atoms with Gasteiger partial charge in [0.2, 0.25) is 0 Å². The summed E-state index contributed by atoms with van der Waals surface area (Å²) in [5, 5.41) is 0. The number of rotatable bonds is 5. The third-order valence-corrected chi connectivity index (χ3v) is 5.19. The highest BCUT2D eigenvalue weighted by Gasteiger charge is 2.74. The molecule has 26 heavy (non-hydrogen) atoms. The zero-order valence-corrected chi connectivity index (χ0v) is 14.9. The Bertz CT molecular complexity index is 555. The Morgan fingerprint density at radius 1 is 0.923 bits per heavy atom. The predicted octanol–water partition coefficient (Wildman–Crippen LogP) is 6.87. The second-order valence-electron chi connectivity index (χ2n) is 6.99. The molecule has 0 N–H and O–H groups in total. The van der Waals surface area contributed by atoms with E-state index in [-0.39, 0.29) is 18.8 Å². The highest BCUT2D eigenvalue weighted by molar-refractivity contribution is 5.32. The topological polar surface area (TPSA) is 9.23 Å². The van der Waals surface area contributed by atoms with Gasteiger partial charge in [0.25, 0.3) is 5.60 Å². The first kappa shape index (κ1) is 21.1. The lowest BCUT2D eigenvalue weighted by molar-refractivity contribution is -0.400. The molecule has 0 aliphatic heterocycles. The fourth-order valence-corrected chi connectivity index (χ4v) is 3.40. The lowest BCUT2D eigenvalue weighted by atomic mass is 9.88. The van der Waals surface area contributed by atoms with Crippen molar-refractivity contribution in [2.45, 2.75) is 82.3 Å². The number of halogens is 6. The molecule has 148 valence electrons. The minimum atomic E-state index is -5.61. The standard InChI is InChI=1S/C19H24F6O/c1-3-13(2)14-9-11-15(12-10-14)17(18(20,21)22,19(23,24)25)26-16-7-5-4-6-8-16/h9-13,16H,3-8H2,1-2H3. The van der Waals surface area contributed by atoms with E-state index in [1.807, 2.05) is 13.8 Å². The second-order valence-corrected chi connectivity index (χ2v) is 6.99. The van der Waals surface area contributed by atoms with E-state index in [9.17, 15) is 26.3 Å². The van der Waals surface area contributed by atoms with Gasteiger partial charge in [-0.15, -0.1) is 0 Å². The summed E-state index contributed by atoms with van der Waals surface area (Å²) in [4.78, 5) is 0. The number of benzene rings is 1. The van der Waals surface area contributed by atoms with Crippen molar-refractivity contribution in [1.29, 1.82) is 0 Å². The van der Waals surface area contributed by atoms with Gasteiger partial charge in [0.1, 0.15) is 0 Å². The molecule has 1 atom stereocenters. The Kier molecular flexibility index (Phi) is 6.31. The number of ether oxygens (including phenoxy) is 1. The van der Waals surface area contributed by atoms with E-state index < -0.39 is 29.6 Å². The van der Waals surface area contributed by atoms with Crippen molar-refractivity contribution in [1.82, 2.24) is 0 Å². The minimum absolute atomic E-state index is 0.0505. The molecule has 1 saturated carbocycles. The molecule has 2 rings (SSSR count). The lowest BCUT2D eigenvalue weighted by Gasteiger charge is -2.41. The first-order chi connectivity index (χ1) is 12.0. The molecule has 0 aromatic heterocycles. The van der Waals surface area contributed by atoms with E-state index in [2.05, 4.69) is 0 Å². The van der Waals surface area contributed by atoms with Crippen LogP contribution in [0.5, 0.6) is 0 Å². The van der Waals surface area contributed by atoms with E-state index in [1.165, 1.54) is 12.1 Å². The number of hydrogen-bond donors (Lipinski definition) is 0. The van der Waals surface area contributed by atoms with E-state index in [4.69, 9.17) is 4.74 Å².